The molecule has 15 heavy (non-hydrogen) atoms. The van der Waals surface area contributed by atoms with Gasteiger partial charge in [0, 0.05) is 29.7 Å². The molecule has 82 valence electrons. The highest BCUT2D eigenvalue weighted by Crippen LogP contribution is 2.33. The number of pyridine rings is 1. The van der Waals surface area contributed by atoms with Crippen LogP contribution in [0.5, 0.6) is 0 Å². The molecule has 0 radical (unpaired) electrons. The van der Waals surface area contributed by atoms with Gasteiger partial charge in [-0.05, 0) is 27.6 Å². The molecule has 1 saturated heterocycles. The van der Waals surface area contributed by atoms with Crippen LogP contribution in [0.15, 0.2) is 16.7 Å². The van der Waals surface area contributed by atoms with Gasteiger partial charge in [0.05, 0.1) is 0 Å². The second-order valence-corrected chi connectivity index (χ2v) is 4.30. The van der Waals surface area contributed by atoms with Gasteiger partial charge >= 0.3 is 6.18 Å². The first-order valence-corrected chi connectivity index (χ1v) is 5.21. The van der Waals surface area contributed by atoms with Gasteiger partial charge in [-0.1, -0.05) is 0 Å². The van der Waals surface area contributed by atoms with Gasteiger partial charge in [0.15, 0.2) is 0 Å². The van der Waals surface area contributed by atoms with Crippen LogP contribution in [-0.4, -0.2) is 18.1 Å². The first kappa shape index (κ1) is 10.9. The zero-order valence-electron chi connectivity index (χ0n) is 7.61. The van der Waals surface area contributed by atoms with Gasteiger partial charge in [-0.3, -0.25) is 4.98 Å². The van der Waals surface area contributed by atoms with Crippen molar-refractivity contribution in [1.82, 2.24) is 10.3 Å². The van der Waals surface area contributed by atoms with Gasteiger partial charge in [-0.25, -0.2) is 0 Å². The number of nitrogens with zero attached hydrogens (tertiary/aromatic N) is 1. The van der Waals surface area contributed by atoms with E-state index >= 15 is 0 Å². The SMILES string of the molecule is FC(F)(F)c1cc(C2CNC2)c(Br)cn1. The van der Waals surface area contributed by atoms with E-state index in [-0.39, 0.29) is 5.92 Å². The van der Waals surface area contributed by atoms with Crippen LogP contribution in [0.4, 0.5) is 13.2 Å². The third-order valence-electron chi connectivity index (χ3n) is 2.40. The van der Waals surface area contributed by atoms with Gasteiger partial charge in [-0.15, -0.1) is 0 Å². The van der Waals surface area contributed by atoms with Crippen LogP contribution in [0, 0.1) is 0 Å². The Bertz CT molecular complexity index is 374. The summed E-state index contributed by atoms with van der Waals surface area (Å²) < 4.78 is 37.8. The highest BCUT2D eigenvalue weighted by molar-refractivity contribution is 9.10. The van der Waals surface area contributed by atoms with Crippen LogP contribution in [-0.2, 0) is 6.18 Å². The summed E-state index contributed by atoms with van der Waals surface area (Å²) in [7, 11) is 0. The Labute approximate surface area is 93.0 Å². The van der Waals surface area contributed by atoms with E-state index in [9.17, 15) is 13.2 Å². The van der Waals surface area contributed by atoms with E-state index in [0.29, 0.717) is 10.0 Å². The van der Waals surface area contributed by atoms with Crippen molar-refractivity contribution >= 4 is 15.9 Å². The lowest BCUT2D eigenvalue weighted by atomic mass is 9.94. The summed E-state index contributed by atoms with van der Waals surface area (Å²) in [6.07, 6.45) is -3.15. The Balaban J connectivity index is 2.36. The lowest BCUT2D eigenvalue weighted by Crippen LogP contribution is -2.40. The Hall–Kier alpha value is -0.620. The van der Waals surface area contributed by atoms with Crippen molar-refractivity contribution in [2.75, 3.05) is 13.1 Å². The van der Waals surface area contributed by atoms with E-state index < -0.39 is 11.9 Å². The zero-order chi connectivity index (χ0) is 11.1. The van der Waals surface area contributed by atoms with Gasteiger partial charge in [0.25, 0.3) is 0 Å². The molecule has 0 aromatic carbocycles. The molecule has 1 aliphatic rings. The standard InChI is InChI=1S/C9H8BrF3N2/c10-7-4-15-8(9(11,12)13)1-6(7)5-2-14-3-5/h1,4-5,14H,2-3H2. The van der Waals surface area contributed by atoms with Gasteiger partial charge in [-0.2, -0.15) is 13.2 Å². The lowest BCUT2D eigenvalue weighted by Gasteiger charge is -2.28. The van der Waals surface area contributed by atoms with Crippen molar-refractivity contribution in [3.05, 3.63) is 28.0 Å². The van der Waals surface area contributed by atoms with Crippen molar-refractivity contribution in [2.24, 2.45) is 0 Å². The van der Waals surface area contributed by atoms with E-state index in [2.05, 4.69) is 26.2 Å². The summed E-state index contributed by atoms with van der Waals surface area (Å²) >= 11 is 3.21. The predicted molar refractivity (Wildman–Crippen MR) is 52.5 cm³/mol. The third kappa shape index (κ3) is 2.15. The first-order valence-electron chi connectivity index (χ1n) is 4.42. The fourth-order valence-electron chi connectivity index (χ4n) is 1.43. The summed E-state index contributed by atoms with van der Waals surface area (Å²) in [5.74, 6) is 0.156. The minimum atomic E-state index is -4.37. The number of alkyl halides is 3. The number of hydrogen-bond acceptors (Lipinski definition) is 2. The van der Waals surface area contributed by atoms with E-state index in [1.54, 1.807) is 0 Å². The summed E-state index contributed by atoms with van der Waals surface area (Å²) in [6.45, 7) is 1.44. The molecule has 2 nitrogen and oxygen atoms in total. The molecule has 1 aliphatic heterocycles. The van der Waals surface area contributed by atoms with Crippen molar-refractivity contribution in [2.45, 2.75) is 12.1 Å². The Morgan fingerprint density at radius 3 is 2.53 bits per heavy atom. The maximum Gasteiger partial charge on any atom is 0.433 e. The van der Waals surface area contributed by atoms with E-state index in [0.717, 1.165) is 19.2 Å². The maximum atomic E-state index is 12.4. The number of rotatable bonds is 1. The number of aromatic nitrogens is 1. The van der Waals surface area contributed by atoms with Gasteiger partial charge in [0.2, 0.25) is 0 Å². The van der Waals surface area contributed by atoms with Crippen LogP contribution in [0.1, 0.15) is 17.2 Å². The van der Waals surface area contributed by atoms with Crippen LogP contribution in [0.3, 0.4) is 0 Å². The van der Waals surface area contributed by atoms with Gasteiger partial charge in [0.1, 0.15) is 5.69 Å². The van der Waals surface area contributed by atoms with Crippen molar-refractivity contribution in [3.8, 4) is 0 Å². The summed E-state index contributed by atoms with van der Waals surface area (Å²) in [5, 5.41) is 3.02. The molecule has 1 N–H and O–H groups in total. The molecule has 6 heteroatoms. The van der Waals surface area contributed by atoms with Crippen LogP contribution in [0.2, 0.25) is 0 Å². The van der Waals surface area contributed by atoms with Crippen molar-refractivity contribution in [1.29, 1.82) is 0 Å². The molecule has 0 spiro atoms. The molecule has 0 atom stereocenters. The molecule has 0 bridgehead atoms. The molecule has 0 aliphatic carbocycles. The second-order valence-electron chi connectivity index (χ2n) is 3.44. The average molecular weight is 281 g/mol. The highest BCUT2D eigenvalue weighted by atomic mass is 79.9. The smallest absolute Gasteiger partial charge is 0.315 e. The highest BCUT2D eigenvalue weighted by Gasteiger charge is 2.34. The fraction of sp³-hybridized carbons (Fsp3) is 0.444. The van der Waals surface area contributed by atoms with Crippen molar-refractivity contribution < 1.29 is 13.2 Å². The molecule has 1 aromatic heterocycles. The number of halogens is 4. The summed E-state index contributed by atoms with van der Waals surface area (Å²) in [5.41, 5.74) is -0.149. The molecular weight excluding hydrogens is 273 g/mol. The molecule has 2 rings (SSSR count). The molecule has 1 fully saturated rings. The number of hydrogen-bond donors (Lipinski definition) is 1. The molecule has 1 aromatic rings. The van der Waals surface area contributed by atoms with Gasteiger partial charge < -0.3 is 5.32 Å². The summed E-state index contributed by atoms with van der Waals surface area (Å²) in [4.78, 5) is 3.36. The molecule has 0 unspecified atom stereocenters. The van der Waals surface area contributed by atoms with Crippen LogP contribution < -0.4 is 5.32 Å². The predicted octanol–water partition coefficient (Wildman–Crippen LogP) is 2.55. The van der Waals surface area contributed by atoms with Crippen LogP contribution in [0.25, 0.3) is 0 Å². The minimum absolute atomic E-state index is 0.156. The monoisotopic (exact) mass is 280 g/mol. The Morgan fingerprint density at radius 1 is 1.40 bits per heavy atom. The van der Waals surface area contributed by atoms with E-state index in [4.69, 9.17) is 0 Å². The minimum Gasteiger partial charge on any atom is -0.315 e. The average Bonchev–Trinajstić information content (AvgIpc) is 2.03. The number of nitrogens with one attached hydrogen (secondary N) is 1. The summed E-state index contributed by atoms with van der Waals surface area (Å²) in [6, 6.07) is 1.12. The Morgan fingerprint density at radius 2 is 2.07 bits per heavy atom. The molecule has 0 saturated carbocycles. The van der Waals surface area contributed by atoms with Crippen LogP contribution >= 0.6 is 15.9 Å². The topological polar surface area (TPSA) is 24.9 Å². The normalized spacial score (nSPS) is 17.6. The lowest BCUT2D eigenvalue weighted by molar-refractivity contribution is -0.141. The third-order valence-corrected chi connectivity index (χ3v) is 3.06. The Kier molecular flexibility index (Phi) is 2.72. The fourth-order valence-corrected chi connectivity index (χ4v) is 1.97. The quantitative estimate of drug-likeness (QED) is 0.855. The zero-order valence-corrected chi connectivity index (χ0v) is 9.19. The largest absolute Gasteiger partial charge is 0.433 e. The molecule has 2 heterocycles. The van der Waals surface area contributed by atoms with E-state index in [1.807, 2.05) is 0 Å². The van der Waals surface area contributed by atoms with Crippen molar-refractivity contribution in [3.63, 3.8) is 0 Å². The first-order chi connectivity index (χ1) is 6.98. The molecular formula is C9H8BrF3N2. The molecule has 0 amide bonds. The van der Waals surface area contributed by atoms with E-state index in [1.165, 1.54) is 6.20 Å². The maximum absolute atomic E-state index is 12.4. The second kappa shape index (κ2) is 3.75.